The first-order valence-corrected chi connectivity index (χ1v) is 18.6. The van der Waals surface area contributed by atoms with Crippen molar-refractivity contribution in [3.8, 4) is 5.88 Å². The smallest absolute Gasteiger partial charge is 0.255 e. The van der Waals surface area contributed by atoms with Crippen LogP contribution in [-0.2, 0) is 24.1 Å². The molecule has 1 saturated heterocycles. The number of aryl methyl sites for hydroxylation is 1. The molecule has 258 valence electrons. The van der Waals surface area contributed by atoms with Crippen LogP contribution in [0.5, 0.6) is 5.88 Å². The molecule has 10 nitrogen and oxygen atoms in total. The zero-order valence-corrected chi connectivity index (χ0v) is 29.7. The maximum Gasteiger partial charge on any atom is 0.255 e. The number of hydrogen-bond donors (Lipinski definition) is 2. The molecule has 2 N–H and O–H groups in total. The fourth-order valence-electron chi connectivity index (χ4n) is 6.38. The van der Waals surface area contributed by atoms with Crippen molar-refractivity contribution < 1.29 is 18.7 Å². The van der Waals surface area contributed by atoms with Crippen molar-refractivity contribution >= 4 is 60.2 Å². The minimum absolute atomic E-state index is 0.0661. The number of benzene rings is 3. The lowest BCUT2D eigenvalue weighted by Crippen LogP contribution is -2.35. The van der Waals surface area contributed by atoms with Crippen molar-refractivity contribution in [1.29, 1.82) is 0 Å². The second-order valence-electron chi connectivity index (χ2n) is 12.8. The number of carbonyl (C=O) groups is 1. The van der Waals surface area contributed by atoms with Crippen molar-refractivity contribution in [1.82, 2.24) is 29.6 Å². The SMILES string of the molecule is Cc1[nH]nc2ccc(C(=O)Nc3ccc4c(c3)nc(CN3CC=C(c5cccc(OCc6ccc(Cl)cc6F)n5)CC3)n4C[Si]C3CCO3)cc12. The molecule has 5 heterocycles. The fourth-order valence-corrected chi connectivity index (χ4v) is 7.83. The molecule has 3 aromatic carbocycles. The maximum absolute atomic E-state index is 14.2. The van der Waals surface area contributed by atoms with E-state index >= 15 is 0 Å². The van der Waals surface area contributed by atoms with E-state index in [0.29, 0.717) is 49.5 Å². The van der Waals surface area contributed by atoms with Crippen molar-refractivity contribution in [2.75, 3.05) is 25.0 Å². The number of carbonyl (C=O) groups excluding carboxylic acids is 1. The third-order valence-electron chi connectivity index (χ3n) is 9.37. The molecule has 6 aromatic rings. The molecule has 1 atom stereocenters. The van der Waals surface area contributed by atoms with E-state index in [0.717, 1.165) is 83.4 Å². The Bertz CT molecular complexity index is 2290. The van der Waals surface area contributed by atoms with E-state index in [-0.39, 0.29) is 12.5 Å². The zero-order chi connectivity index (χ0) is 34.9. The molecule has 1 fully saturated rings. The topological polar surface area (TPSA) is 110 Å². The van der Waals surface area contributed by atoms with E-state index in [9.17, 15) is 9.18 Å². The summed E-state index contributed by atoms with van der Waals surface area (Å²) in [6.07, 6.45) is 4.96. The highest BCUT2D eigenvalue weighted by Gasteiger charge is 2.23. The Morgan fingerprint density at radius 1 is 1.12 bits per heavy atom. The van der Waals surface area contributed by atoms with Gasteiger partial charge in [0, 0.05) is 70.6 Å². The van der Waals surface area contributed by atoms with Crippen LogP contribution in [0.25, 0.3) is 27.5 Å². The Hall–Kier alpha value is -4.88. The lowest BCUT2D eigenvalue weighted by Gasteiger charge is -2.28. The first kappa shape index (κ1) is 33.3. The highest BCUT2D eigenvalue weighted by atomic mass is 35.5. The monoisotopic (exact) mass is 719 g/mol. The van der Waals surface area contributed by atoms with E-state index < -0.39 is 5.82 Å². The minimum Gasteiger partial charge on any atom is -0.473 e. The van der Waals surface area contributed by atoms with Crippen LogP contribution in [-0.4, -0.2) is 70.5 Å². The summed E-state index contributed by atoms with van der Waals surface area (Å²) in [6, 6.07) is 21.7. The van der Waals surface area contributed by atoms with Crippen LogP contribution in [0.4, 0.5) is 10.1 Å². The highest BCUT2D eigenvalue weighted by molar-refractivity contribution is 6.36. The molecule has 1 unspecified atom stereocenters. The summed E-state index contributed by atoms with van der Waals surface area (Å²) in [5, 5.41) is 11.6. The largest absolute Gasteiger partial charge is 0.473 e. The van der Waals surface area contributed by atoms with Gasteiger partial charge in [0.25, 0.3) is 5.91 Å². The van der Waals surface area contributed by atoms with Crippen molar-refractivity contribution in [3.05, 3.63) is 118 Å². The summed E-state index contributed by atoms with van der Waals surface area (Å²) < 4.78 is 28.1. The maximum atomic E-state index is 14.2. The Morgan fingerprint density at radius 3 is 2.82 bits per heavy atom. The van der Waals surface area contributed by atoms with Gasteiger partial charge in [0.05, 0.1) is 28.8 Å². The third-order valence-corrected chi connectivity index (χ3v) is 11.0. The number of aromatic amines is 1. The van der Waals surface area contributed by atoms with Gasteiger partial charge < -0.3 is 19.4 Å². The molecule has 0 spiro atoms. The van der Waals surface area contributed by atoms with Crippen LogP contribution in [0.15, 0.2) is 78.9 Å². The van der Waals surface area contributed by atoms with Gasteiger partial charge in [-0.3, -0.25) is 14.8 Å². The number of halogens is 2. The Kier molecular flexibility index (Phi) is 9.39. The van der Waals surface area contributed by atoms with Crippen LogP contribution in [0.2, 0.25) is 5.02 Å². The van der Waals surface area contributed by atoms with Gasteiger partial charge in [-0.05, 0) is 79.9 Å². The summed E-state index contributed by atoms with van der Waals surface area (Å²) in [6.45, 7) is 5.11. The molecule has 0 bridgehead atoms. The number of anilines is 1. The molecule has 0 aliphatic carbocycles. The number of H-pyrrole nitrogens is 1. The van der Waals surface area contributed by atoms with Gasteiger partial charge in [0.15, 0.2) is 0 Å². The van der Waals surface area contributed by atoms with Gasteiger partial charge in [0.1, 0.15) is 27.8 Å². The first-order chi connectivity index (χ1) is 24.9. The van der Waals surface area contributed by atoms with Crippen LogP contribution >= 0.6 is 11.6 Å². The lowest BCUT2D eigenvalue weighted by molar-refractivity contribution is 0.000856. The van der Waals surface area contributed by atoms with Crippen LogP contribution in [0.1, 0.15) is 46.0 Å². The van der Waals surface area contributed by atoms with Gasteiger partial charge >= 0.3 is 0 Å². The normalized spacial score (nSPS) is 16.3. The molecule has 0 saturated carbocycles. The average Bonchev–Trinajstić information content (AvgIpc) is 3.66. The number of amides is 1. The molecule has 2 aliphatic heterocycles. The molecule has 2 radical (unpaired) electrons. The van der Waals surface area contributed by atoms with Crippen LogP contribution in [0, 0.1) is 12.7 Å². The van der Waals surface area contributed by atoms with Gasteiger partial charge in [-0.15, -0.1) is 0 Å². The molecule has 3 aromatic heterocycles. The van der Waals surface area contributed by atoms with E-state index in [1.807, 2.05) is 49.4 Å². The summed E-state index contributed by atoms with van der Waals surface area (Å²) in [4.78, 5) is 25.4. The van der Waals surface area contributed by atoms with E-state index in [4.69, 9.17) is 31.0 Å². The standard InChI is InChI=1S/C38H35ClFN7O3Si/c1-23-29-17-25(6-9-32(29)45-44-23)38(48)41-28-8-10-34-33(19-28)42-35(47(34)22-51-37-13-16-49-37)20-46-14-11-24(12-15-46)31-3-2-4-36(43-31)50-21-26-5-7-27(39)18-30(26)40/h2-11,17-19,37H,12-16,20-22H2,1H3,(H,41,48)(H,44,45). The highest BCUT2D eigenvalue weighted by Crippen LogP contribution is 2.27. The molecule has 8 rings (SSSR count). The van der Waals surface area contributed by atoms with E-state index in [1.165, 1.54) is 6.07 Å². The third kappa shape index (κ3) is 7.31. The number of ether oxygens (including phenoxy) is 2. The van der Waals surface area contributed by atoms with Gasteiger partial charge in [-0.1, -0.05) is 29.8 Å². The van der Waals surface area contributed by atoms with Crippen molar-refractivity contribution in [3.63, 3.8) is 0 Å². The van der Waals surface area contributed by atoms with E-state index in [1.54, 1.807) is 24.3 Å². The second-order valence-corrected chi connectivity index (χ2v) is 14.6. The quantitative estimate of drug-likeness (QED) is 0.140. The Morgan fingerprint density at radius 2 is 2.02 bits per heavy atom. The van der Waals surface area contributed by atoms with Crippen LogP contribution in [0.3, 0.4) is 0 Å². The Labute approximate surface area is 301 Å². The molecular formula is C38H35ClFN7O3Si. The predicted octanol–water partition coefficient (Wildman–Crippen LogP) is 6.94. The number of rotatable bonds is 11. The number of imidazole rings is 1. The fraction of sp³-hybridized carbons (Fsp3) is 0.263. The van der Waals surface area contributed by atoms with Gasteiger partial charge in [-0.25, -0.2) is 14.4 Å². The number of fused-ring (bicyclic) bond motifs is 2. The molecule has 1 amide bonds. The molecule has 51 heavy (non-hydrogen) atoms. The second kappa shape index (κ2) is 14.4. The van der Waals surface area contributed by atoms with Crippen molar-refractivity contribution in [2.24, 2.45) is 0 Å². The van der Waals surface area contributed by atoms with Crippen molar-refractivity contribution in [2.45, 2.75) is 44.8 Å². The first-order valence-electron chi connectivity index (χ1n) is 16.9. The number of hydrogen-bond acceptors (Lipinski definition) is 7. The summed E-state index contributed by atoms with van der Waals surface area (Å²) in [5.74, 6) is 0.847. The van der Waals surface area contributed by atoms with Gasteiger partial charge in [-0.2, -0.15) is 5.10 Å². The number of aromatic nitrogens is 5. The van der Waals surface area contributed by atoms with Gasteiger partial charge in [0.2, 0.25) is 5.88 Å². The number of nitrogens with zero attached hydrogens (tertiary/aromatic N) is 5. The lowest BCUT2D eigenvalue weighted by atomic mass is 10.0. The number of nitrogens with one attached hydrogen (secondary N) is 2. The molecule has 13 heteroatoms. The minimum atomic E-state index is -0.402. The summed E-state index contributed by atoms with van der Waals surface area (Å²) >= 11 is 5.88. The molecule has 2 aliphatic rings. The Balaban J connectivity index is 0.963. The average molecular weight is 720 g/mol. The summed E-state index contributed by atoms with van der Waals surface area (Å²) in [7, 11) is 0.638. The predicted molar refractivity (Wildman–Crippen MR) is 196 cm³/mol. The molecular weight excluding hydrogens is 685 g/mol. The summed E-state index contributed by atoms with van der Waals surface area (Å²) in [5.41, 5.74) is 7.63. The number of pyridine rings is 1. The van der Waals surface area contributed by atoms with E-state index in [2.05, 4.69) is 31.1 Å². The van der Waals surface area contributed by atoms with Crippen LogP contribution < -0.4 is 10.1 Å². The zero-order valence-electron chi connectivity index (χ0n) is 28.0.